The summed E-state index contributed by atoms with van der Waals surface area (Å²) in [6.07, 6.45) is 1.86. The molecule has 3 heterocycles. The second-order valence-electron chi connectivity index (χ2n) is 8.68. The summed E-state index contributed by atoms with van der Waals surface area (Å²) in [4.78, 5) is 30.5. The van der Waals surface area contributed by atoms with Crippen molar-refractivity contribution in [2.75, 3.05) is 38.0 Å². The number of nitrogens with zero attached hydrogens (tertiary/aromatic N) is 2. The minimum absolute atomic E-state index is 0.149. The predicted octanol–water partition coefficient (Wildman–Crippen LogP) is 3.98. The first-order chi connectivity index (χ1) is 17.2. The molecule has 0 spiro atoms. The van der Waals surface area contributed by atoms with Crippen molar-refractivity contribution in [2.45, 2.75) is 6.54 Å². The molecule has 176 valence electrons. The summed E-state index contributed by atoms with van der Waals surface area (Å²) in [6.45, 7) is 3.50. The summed E-state index contributed by atoms with van der Waals surface area (Å²) >= 11 is 0. The molecule has 0 aromatic heterocycles. The van der Waals surface area contributed by atoms with Gasteiger partial charge in [0, 0.05) is 29.9 Å². The first-order valence-corrected chi connectivity index (χ1v) is 11.7. The Kier molecular flexibility index (Phi) is 5.47. The molecule has 3 aliphatic heterocycles. The molecule has 7 nitrogen and oxygen atoms in total. The molecule has 3 aromatic rings. The molecule has 6 rings (SSSR count). The zero-order chi connectivity index (χ0) is 23.8. The first kappa shape index (κ1) is 21.4. The van der Waals surface area contributed by atoms with E-state index < -0.39 is 0 Å². The first-order valence-electron chi connectivity index (χ1n) is 11.7. The molecule has 1 fully saturated rings. The van der Waals surface area contributed by atoms with E-state index in [2.05, 4.69) is 17.0 Å². The van der Waals surface area contributed by atoms with E-state index in [4.69, 9.17) is 14.2 Å². The second-order valence-corrected chi connectivity index (χ2v) is 8.68. The Morgan fingerprint density at radius 1 is 0.800 bits per heavy atom. The van der Waals surface area contributed by atoms with E-state index in [0.717, 1.165) is 43.1 Å². The summed E-state index contributed by atoms with van der Waals surface area (Å²) in [6, 6.07) is 20.9. The topological polar surface area (TPSA) is 68.3 Å². The second kappa shape index (κ2) is 8.92. The molecule has 1 saturated heterocycles. The molecule has 3 aromatic carbocycles. The van der Waals surface area contributed by atoms with Crippen molar-refractivity contribution < 1.29 is 23.8 Å². The third kappa shape index (κ3) is 4.04. The van der Waals surface area contributed by atoms with Gasteiger partial charge in [0.1, 0.15) is 0 Å². The van der Waals surface area contributed by atoms with Crippen LogP contribution in [-0.4, -0.2) is 49.8 Å². The van der Waals surface area contributed by atoms with Crippen LogP contribution in [0.3, 0.4) is 0 Å². The van der Waals surface area contributed by atoms with Gasteiger partial charge in [-0.2, -0.15) is 0 Å². The Bertz CT molecular complexity index is 1330. The lowest BCUT2D eigenvalue weighted by atomic mass is 9.91. The average molecular weight is 469 g/mol. The van der Waals surface area contributed by atoms with E-state index in [1.807, 2.05) is 48.5 Å². The maximum atomic E-state index is 13.6. The summed E-state index contributed by atoms with van der Waals surface area (Å²) in [5, 5.41) is 0. The number of hydrogen-bond donors (Lipinski definition) is 0. The van der Waals surface area contributed by atoms with Gasteiger partial charge in [-0.1, -0.05) is 36.4 Å². The fraction of sp³-hybridized carbons (Fsp3) is 0.214. The van der Waals surface area contributed by atoms with Crippen LogP contribution in [0.15, 0.2) is 66.7 Å². The van der Waals surface area contributed by atoms with E-state index in [9.17, 15) is 9.59 Å². The fourth-order valence-electron chi connectivity index (χ4n) is 4.68. The van der Waals surface area contributed by atoms with Crippen LogP contribution >= 0.6 is 0 Å². The molecule has 0 bridgehead atoms. The van der Waals surface area contributed by atoms with Gasteiger partial charge in [0.2, 0.25) is 6.79 Å². The van der Waals surface area contributed by atoms with Crippen LogP contribution in [0, 0.1) is 0 Å². The van der Waals surface area contributed by atoms with Crippen molar-refractivity contribution in [1.29, 1.82) is 0 Å². The van der Waals surface area contributed by atoms with Gasteiger partial charge >= 0.3 is 0 Å². The number of anilines is 1. The van der Waals surface area contributed by atoms with Crippen molar-refractivity contribution in [3.8, 4) is 11.5 Å². The number of carbonyl (C=O) groups excluding carboxylic acids is 2. The number of carbonyl (C=O) groups is 2. The van der Waals surface area contributed by atoms with Crippen molar-refractivity contribution >= 4 is 29.2 Å². The Morgan fingerprint density at radius 2 is 1.54 bits per heavy atom. The predicted molar refractivity (Wildman–Crippen MR) is 131 cm³/mol. The SMILES string of the molecule is O=C1/C(=C\c2ccc(N3CCOCC3)cc2)c2ccccc2C(=O)N1Cc1ccc2c(c1)OCO2. The molecule has 35 heavy (non-hydrogen) atoms. The Morgan fingerprint density at radius 3 is 2.34 bits per heavy atom. The molecule has 7 heteroatoms. The number of fused-ring (bicyclic) bond motifs is 2. The van der Waals surface area contributed by atoms with Crippen molar-refractivity contribution in [1.82, 2.24) is 4.90 Å². The van der Waals surface area contributed by atoms with Crippen LogP contribution in [0.25, 0.3) is 11.6 Å². The summed E-state index contributed by atoms with van der Waals surface area (Å²) in [5.41, 5.74) is 4.50. The Balaban J connectivity index is 1.32. The number of benzene rings is 3. The fourth-order valence-corrected chi connectivity index (χ4v) is 4.68. The van der Waals surface area contributed by atoms with Gasteiger partial charge in [-0.25, -0.2) is 0 Å². The highest BCUT2D eigenvalue weighted by molar-refractivity contribution is 6.33. The van der Waals surface area contributed by atoms with Crippen LogP contribution in [-0.2, 0) is 16.1 Å². The maximum Gasteiger partial charge on any atom is 0.261 e. The molecular weight excluding hydrogens is 444 g/mol. The lowest BCUT2D eigenvalue weighted by Crippen LogP contribution is -2.41. The number of hydrogen-bond acceptors (Lipinski definition) is 6. The van der Waals surface area contributed by atoms with Gasteiger partial charge in [-0.05, 0) is 53.1 Å². The number of amides is 2. The third-order valence-corrected chi connectivity index (χ3v) is 6.53. The quantitative estimate of drug-likeness (QED) is 0.426. The summed E-state index contributed by atoms with van der Waals surface area (Å²) < 4.78 is 16.3. The smallest absolute Gasteiger partial charge is 0.261 e. The van der Waals surface area contributed by atoms with Crippen molar-refractivity contribution in [3.05, 3.63) is 89.0 Å². The van der Waals surface area contributed by atoms with E-state index in [1.54, 1.807) is 12.1 Å². The molecule has 2 amide bonds. The highest BCUT2D eigenvalue weighted by Crippen LogP contribution is 2.35. The van der Waals surface area contributed by atoms with Gasteiger partial charge in [0.05, 0.1) is 19.8 Å². The highest BCUT2D eigenvalue weighted by atomic mass is 16.7. The van der Waals surface area contributed by atoms with E-state index in [1.165, 1.54) is 4.90 Å². The number of ether oxygens (including phenoxy) is 3. The zero-order valence-corrected chi connectivity index (χ0v) is 19.1. The van der Waals surface area contributed by atoms with Gasteiger partial charge < -0.3 is 19.1 Å². The molecule has 0 saturated carbocycles. The van der Waals surface area contributed by atoms with Crippen LogP contribution < -0.4 is 14.4 Å². The Labute approximate surface area is 203 Å². The molecule has 0 aliphatic carbocycles. The van der Waals surface area contributed by atoms with Gasteiger partial charge in [-0.3, -0.25) is 14.5 Å². The molecule has 0 N–H and O–H groups in total. The number of morpholine rings is 1. The molecule has 0 unspecified atom stereocenters. The van der Waals surface area contributed by atoms with Gasteiger partial charge in [0.15, 0.2) is 11.5 Å². The summed E-state index contributed by atoms with van der Waals surface area (Å²) in [7, 11) is 0. The monoisotopic (exact) mass is 468 g/mol. The van der Waals surface area contributed by atoms with E-state index in [0.29, 0.717) is 28.2 Å². The molecule has 3 aliphatic rings. The normalized spacial score (nSPS) is 18.2. The number of imide groups is 1. The lowest BCUT2D eigenvalue weighted by molar-refractivity contribution is -0.123. The standard InChI is InChI=1S/C28H24N2O5/c31-27-23-4-2-1-3-22(23)24(15-19-5-8-21(9-6-19)29-11-13-33-14-12-29)28(32)30(27)17-20-7-10-25-26(16-20)35-18-34-25/h1-10,15-16H,11-14,17-18H2/b24-15-. The van der Waals surface area contributed by atoms with Crippen LogP contribution in [0.1, 0.15) is 27.0 Å². The van der Waals surface area contributed by atoms with Gasteiger partial charge in [-0.15, -0.1) is 0 Å². The van der Waals surface area contributed by atoms with Crippen molar-refractivity contribution in [3.63, 3.8) is 0 Å². The largest absolute Gasteiger partial charge is 0.454 e. The van der Waals surface area contributed by atoms with Gasteiger partial charge in [0.25, 0.3) is 11.8 Å². The highest BCUT2D eigenvalue weighted by Gasteiger charge is 2.35. The lowest BCUT2D eigenvalue weighted by Gasteiger charge is -2.29. The third-order valence-electron chi connectivity index (χ3n) is 6.53. The minimum Gasteiger partial charge on any atom is -0.454 e. The van der Waals surface area contributed by atoms with E-state index >= 15 is 0 Å². The molecule has 0 atom stereocenters. The average Bonchev–Trinajstić information content (AvgIpc) is 3.38. The summed E-state index contributed by atoms with van der Waals surface area (Å²) in [5.74, 6) is 0.666. The van der Waals surface area contributed by atoms with Crippen LogP contribution in [0.2, 0.25) is 0 Å². The van der Waals surface area contributed by atoms with Crippen LogP contribution in [0.5, 0.6) is 11.5 Å². The molecular formula is C28H24N2O5. The molecule has 0 radical (unpaired) electrons. The van der Waals surface area contributed by atoms with E-state index in [-0.39, 0.29) is 25.2 Å². The van der Waals surface area contributed by atoms with Crippen molar-refractivity contribution in [2.24, 2.45) is 0 Å². The minimum atomic E-state index is -0.316. The Hall–Kier alpha value is -4.10. The zero-order valence-electron chi connectivity index (χ0n) is 19.1. The maximum absolute atomic E-state index is 13.6. The number of rotatable bonds is 4. The van der Waals surface area contributed by atoms with Crippen LogP contribution in [0.4, 0.5) is 5.69 Å².